The number of aromatic nitrogens is 4. The highest BCUT2D eigenvalue weighted by atomic mass is 16.5. The number of hydrogen-bond acceptors (Lipinski definition) is 4. The van der Waals surface area contributed by atoms with Crippen LogP contribution in [-0.2, 0) is 0 Å². The zero-order valence-corrected chi connectivity index (χ0v) is 4.16. The Hall–Kier alpha value is -1.13. The van der Waals surface area contributed by atoms with Gasteiger partial charge in [0.1, 0.15) is 0 Å². The molecule has 0 amide bonds. The van der Waals surface area contributed by atoms with Gasteiger partial charge in [0, 0.05) is 0 Å². The van der Waals surface area contributed by atoms with Crippen LogP contribution in [0.1, 0.15) is 0 Å². The first-order valence-corrected chi connectivity index (χ1v) is 2.09. The molecule has 1 aromatic heterocycles. The van der Waals surface area contributed by atoms with E-state index in [4.69, 9.17) is 4.74 Å². The lowest BCUT2D eigenvalue weighted by Crippen LogP contribution is -1.92. The van der Waals surface area contributed by atoms with Gasteiger partial charge < -0.3 is 4.74 Å². The summed E-state index contributed by atoms with van der Waals surface area (Å²) in [5.41, 5.74) is 0. The summed E-state index contributed by atoms with van der Waals surface area (Å²) >= 11 is 0. The molecule has 1 aromatic rings. The Morgan fingerprint density at radius 1 is 1.75 bits per heavy atom. The minimum atomic E-state index is 0.306. The van der Waals surface area contributed by atoms with Gasteiger partial charge in [-0.3, -0.25) is 0 Å². The fraction of sp³-hybridized carbons (Fsp3) is 0.333. The molecule has 0 fully saturated rings. The van der Waals surface area contributed by atoms with E-state index in [9.17, 15) is 0 Å². The Morgan fingerprint density at radius 3 is 3.12 bits per heavy atom. The molecule has 0 bridgehead atoms. The van der Waals surface area contributed by atoms with E-state index in [-0.39, 0.29) is 0 Å². The van der Waals surface area contributed by atoms with E-state index in [1.54, 1.807) is 0 Å². The molecule has 43 valence electrons. The van der Waals surface area contributed by atoms with Gasteiger partial charge in [0.05, 0.1) is 6.61 Å². The van der Waals surface area contributed by atoms with Crippen molar-refractivity contribution in [3.63, 3.8) is 0 Å². The van der Waals surface area contributed by atoms with Crippen molar-refractivity contribution in [3.05, 3.63) is 6.92 Å². The van der Waals surface area contributed by atoms with Crippen LogP contribution in [0.25, 0.3) is 0 Å². The number of hydrogen-bond donors (Lipinski definition) is 1. The second kappa shape index (κ2) is 2.25. The van der Waals surface area contributed by atoms with Crippen LogP contribution in [0.15, 0.2) is 0 Å². The Labute approximate surface area is 46.0 Å². The lowest BCUT2D eigenvalue weighted by atomic mass is 10.9. The van der Waals surface area contributed by atoms with E-state index in [1.165, 1.54) is 0 Å². The first-order valence-electron chi connectivity index (χ1n) is 2.09. The van der Waals surface area contributed by atoms with Crippen LogP contribution in [0.4, 0.5) is 0 Å². The van der Waals surface area contributed by atoms with Crippen LogP contribution in [0.2, 0.25) is 0 Å². The molecule has 5 heteroatoms. The third-order valence-electron chi connectivity index (χ3n) is 0.565. The summed E-state index contributed by atoms with van der Waals surface area (Å²) in [6.45, 7) is 3.75. The molecule has 1 radical (unpaired) electrons. The summed E-state index contributed by atoms with van der Waals surface area (Å²) in [7, 11) is 0. The van der Waals surface area contributed by atoms with Gasteiger partial charge in [0.15, 0.2) is 0 Å². The molecular weight excluding hydrogens is 108 g/mol. The van der Waals surface area contributed by atoms with E-state index in [0.29, 0.717) is 12.6 Å². The SMILES string of the molecule is [CH2]COc1nnn[nH]1. The number of nitrogens with one attached hydrogen (secondary N) is 1. The van der Waals surface area contributed by atoms with Gasteiger partial charge in [-0.2, -0.15) is 0 Å². The van der Waals surface area contributed by atoms with Gasteiger partial charge in [-0.1, -0.05) is 5.10 Å². The first-order chi connectivity index (χ1) is 3.93. The highest BCUT2D eigenvalue weighted by Gasteiger charge is 1.90. The number of nitrogens with zero attached hydrogens (tertiary/aromatic N) is 3. The fourth-order valence-electron chi connectivity index (χ4n) is 0.308. The minimum Gasteiger partial charge on any atom is -0.463 e. The summed E-state index contributed by atoms with van der Waals surface area (Å²) < 4.78 is 4.74. The molecule has 0 saturated carbocycles. The highest BCUT2D eigenvalue weighted by molar-refractivity contribution is 4.80. The van der Waals surface area contributed by atoms with Crippen molar-refractivity contribution in [1.29, 1.82) is 0 Å². The number of H-pyrrole nitrogens is 1. The number of rotatable bonds is 2. The standard InChI is InChI=1S/C3H5N4O/c1-2-8-3-4-6-7-5-3/h1-2H2,(H,4,5,6,7). The molecule has 1 rings (SSSR count). The van der Waals surface area contributed by atoms with Gasteiger partial charge in [-0.15, -0.1) is 0 Å². The lowest BCUT2D eigenvalue weighted by Gasteiger charge is -1.89. The van der Waals surface area contributed by atoms with Crippen molar-refractivity contribution in [2.45, 2.75) is 0 Å². The van der Waals surface area contributed by atoms with E-state index in [1.807, 2.05) is 0 Å². The maximum Gasteiger partial charge on any atom is 0.332 e. The molecule has 0 aliphatic carbocycles. The molecule has 0 atom stereocenters. The summed E-state index contributed by atoms with van der Waals surface area (Å²) in [5, 5.41) is 12.4. The van der Waals surface area contributed by atoms with Gasteiger partial charge in [0.2, 0.25) is 0 Å². The second-order valence-electron chi connectivity index (χ2n) is 1.05. The van der Waals surface area contributed by atoms with Gasteiger partial charge in [-0.05, 0) is 17.4 Å². The Bertz CT molecular complexity index is 137. The predicted molar refractivity (Wildman–Crippen MR) is 25.0 cm³/mol. The molecule has 0 unspecified atom stereocenters. The number of tetrazole rings is 1. The third-order valence-corrected chi connectivity index (χ3v) is 0.565. The van der Waals surface area contributed by atoms with Crippen molar-refractivity contribution in [3.8, 4) is 6.01 Å². The molecule has 5 nitrogen and oxygen atoms in total. The zero-order chi connectivity index (χ0) is 5.82. The molecular formula is C3H5N4O. The second-order valence-corrected chi connectivity index (χ2v) is 1.05. The number of ether oxygens (including phenoxy) is 1. The summed E-state index contributed by atoms with van der Waals surface area (Å²) in [5.74, 6) is 0. The van der Waals surface area contributed by atoms with Gasteiger partial charge >= 0.3 is 6.01 Å². The molecule has 0 aromatic carbocycles. The van der Waals surface area contributed by atoms with Crippen LogP contribution in [-0.4, -0.2) is 27.2 Å². The van der Waals surface area contributed by atoms with Crippen LogP contribution in [0.5, 0.6) is 6.01 Å². The molecule has 0 aliphatic rings. The maximum absolute atomic E-state index is 4.74. The first kappa shape index (κ1) is 5.02. The average molecular weight is 113 g/mol. The van der Waals surface area contributed by atoms with Crippen molar-refractivity contribution < 1.29 is 4.74 Å². The third kappa shape index (κ3) is 0.927. The van der Waals surface area contributed by atoms with Crippen molar-refractivity contribution >= 4 is 0 Å². The van der Waals surface area contributed by atoms with Gasteiger partial charge in [0.25, 0.3) is 0 Å². The highest BCUT2D eigenvalue weighted by Crippen LogP contribution is 1.90. The summed E-state index contributed by atoms with van der Waals surface area (Å²) in [4.78, 5) is 0. The Kier molecular flexibility index (Phi) is 1.41. The molecule has 0 aliphatic heterocycles. The molecule has 1 heterocycles. The zero-order valence-electron chi connectivity index (χ0n) is 4.16. The van der Waals surface area contributed by atoms with E-state index in [2.05, 4.69) is 27.5 Å². The Morgan fingerprint density at radius 2 is 2.62 bits per heavy atom. The van der Waals surface area contributed by atoms with E-state index >= 15 is 0 Å². The molecule has 0 saturated heterocycles. The monoisotopic (exact) mass is 113 g/mol. The van der Waals surface area contributed by atoms with Crippen LogP contribution < -0.4 is 4.74 Å². The molecule has 1 N–H and O–H groups in total. The van der Waals surface area contributed by atoms with Crippen LogP contribution in [0.3, 0.4) is 0 Å². The quantitative estimate of drug-likeness (QED) is 0.557. The van der Waals surface area contributed by atoms with Crippen molar-refractivity contribution in [2.75, 3.05) is 6.61 Å². The van der Waals surface area contributed by atoms with Crippen molar-refractivity contribution in [1.82, 2.24) is 20.6 Å². The smallest absolute Gasteiger partial charge is 0.332 e. The topological polar surface area (TPSA) is 63.7 Å². The Balaban J connectivity index is 2.50. The van der Waals surface area contributed by atoms with Gasteiger partial charge in [-0.25, -0.2) is 5.10 Å². The van der Waals surface area contributed by atoms with E-state index < -0.39 is 0 Å². The molecule has 8 heavy (non-hydrogen) atoms. The number of aromatic amines is 1. The maximum atomic E-state index is 4.74. The van der Waals surface area contributed by atoms with Crippen LogP contribution in [0, 0.1) is 6.92 Å². The van der Waals surface area contributed by atoms with Crippen LogP contribution >= 0.6 is 0 Å². The van der Waals surface area contributed by atoms with Crippen molar-refractivity contribution in [2.24, 2.45) is 0 Å². The lowest BCUT2D eigenvalue weighted by molar-refractivity contribution is 0.331. The fourth-order valence-corrected chi connectivity index (χ4v) is 0.308. The predicted octanol–water partition coefficient (Wildman–Crippen LogP) is -0.587. The van der Waals surface area contributed by atoms with E-state index in [0.717, 1.165) is 0 Å². The summed E-state index contributed by atoms with van der Waals surface area (Å²) in [6, 6.07) is 0.306. The normalized spacial score (nSPS) is 9.12. The largest absolute Gasteiger partial charge is 0.463 e. The summed E-state index contributed by atoms with van der Waals surface area (Å²) in [6.07, 6.45) is 0. The molecule has 0 spiro atoms. The average Bonchev–Trinajstić information content (AvgIpc) is 2.19. The minimum absolute atomic E-state index is 0.306.